The van der Waals surface area contributed by atoms with E-state index in [4.69, 9.17) is 4.74 Å². The van der Waals surface area contributed by atoms with Gasteiger partial charge in [0, 0.05) is 36.2 Å². The van der Waals surface area contributed by atoms with Gasteiger partial charge in [-0.05, 0) is 64.8 Å². The van der Waals surface area contributed by atoms with Gasteiger partial charge >= 0.3 is 6.09 Å². The number of anilines is 2. The fraction of sp³-hybridized carbons (Fsp3) is 0.414. The summed E-state index contributed by atoms with van der Waals surface area (Å²) in [5.41, 5.74) is 2.17. The SMILES string of the molecule is CC(C)(C)OC(=O)N1CCc2nc(Nc3ncc(F)c(-c4cc(F)c5nc6n(c5c4)C(C)(C)CC6)n3)ccc2C1. The highest BCUT2D eigenvalue weighted by molar-refractivity contribution is 5.83. The fourth-order valence-electron chi connectivity index (χ4n) is 5.41. The third-order valence-electron chi connectivity index (χ3n) is 7.31. The Kier molecular flexibility index (Phi) is 6.01. The number of amides is 1. The van der Waals surface area contributed by atoms with Crippen LogP contribution in [0.5, 0.6) is 0 Å². The number of hydrogen-bond donors (Lipinski definition) is 1. The Balaban J connectivity index is 1.26. The number of pyridine rings is 1. The lowest BCUT2D eigenvalue weighted by atomic mass is 10.0. The zero-order valence-corrected chi connectivity index (χ0v) is 23.2. The second-order valence-electron chi connectivity index (χ2n) is 12.0. The van der Waals surface area contributed by atoms with E-state index in [1.165, 1.54) is 6.07 Å². The van der Waals surface area contributed by atoms with Gasteiger partial charge in [-0.2, -0.15) is 0 Å². The highest BCUT2D eigenvalue weighted by Crippen LogP contribution is 2.38. The van der Waals surface area contributed by atoms with Crippen molar-refractivity contribution in [3.8, 4) is 11.3 Å². The van der Waals surface area contributed by atoms with E-state index in [0.29, 0.717) is 36.4 Å². The van der Waals surface area contributed by atoms with Crippen LogP contribution in [0.25, 0.3) is 22.3 Å². The van der Waals surface area contributed by atoms with Gasteiger partial charge in [-0.1, -0.05) is 6.07 Å². The molecule has 0 atom stereocenters. The summed E-state index contributed by atoms with van der Waals surface area (Å²) in [5, 5.41) is 3.04. The Labute approximate surface area is 230 Å². The minimum absolute atomic E-state index is 0.0179. The van der Waals surface area contributed by atoms with E-state index in [1.807, 2.05) is 31.4 Å². The van der Waals surface area contributed by atoms with Gasteiger partial charge in [0.1, 0.15) is 28.5 Å². The molecule has 40 heavy (non-hydrogen) atoms. The van der Waals surface area contributed by atoms with Crippen molar-refractivity contribution in [2.24, 2.45) is 0 Å². The molecule has 0 radical (unpaired) electrons. The third-order valence-corrected chi connectivity index (χ3v) is 7.31. The second-order valence-corrected chi connectivity index (χ2v) is 12.0. The number of hydrogen-bond acceptors (Lipinski definition) is 7. The number of aryl methyl sites for hydroxylation is 1. The molecule has 1 amide bonds. The third kappa shape index (κ3) is 4.73. The zero-order valence-electron chi connectivity index (χ0n) is 23.2. The molecule has 4 aromatic rings. The number of ether oxygens (including phenoxy) is 1. The Morgan fingerprint density at radius 3 is 2.65 bits per heavy atom. The van der Waals surface area contributed by atoms with E-state index in [0.717, 1.165) is 36.1 Å². The molecule has 0 bridgehead atoms. The molecule has 3 aromatic heterocycles. The summed E-state index contributed by atoms with van der Waals surface area (Å²) in [4.78, 5) is 31.7. The predicted octanol–water partition coefficient (Wildman–Crippen LogP) is 5.88. The number of aromatic nitrogens is 5. The molecule has 0 unspecified atom stereocenters. The van der Waals surface area contributed by atoms with E-state index in [2.05, 4.69) is 39.1 Å². The first kappa shape index (κ1) is 26.1. The standard InChI is InChI=1S/C29H31F2N7O2/c1-28(2,3)40-27(39)37-11-9-20-16(15-37)6-7-22(33-20)34-26-32-14-19(31)24(36-26)17-12-18(30)25-21(13-17)38-23(35-25)8-10-29(38,4)5/h6-7,12-14H,8-11,15H2,1-5H3,(H,32,33,34,36). The number of benzene rings is 1. The largest absolute Gasteiger partial charge is 0.444 e. The van der Waals surface area contributed by atoms with Gasteiger partial charge in [-0.3, -0.25) is 0 Å². The summed E-state index contributed by atoms with van der Waals surface area (Å²) in [6.07, 6.45) is 2.94. The number of fused-ring (bicyclic) bond motifs is 4. The summed E-state index contributed by atoms with van der Waals surface area (Å²) in [6.45, 7) is 10.6. The average molecular weight is 548 g/mol. The summed E-state index contributed by atoms with van der Waals surface area (Å²) >= 11 is 0. The molecule has 1 aromatic carbocycles. The van der Waals surface area contributed by atoms with E-state index in [-0.39, 0.29) is 28.8 Å². The van der Waals surface area contributed by atoms with Crippen molar-refractivity contribution in [1.29, 1.82) is 0 Å². The minimum Gasteiger partial charge on any atom is -0.444 e. The smallest absolute Gasteiger partial charge is 0.410 e. The second kappa shape index (κ2) is 9.21. The molecule has 2 aliphatic rings. The van der Waals surface area contributed by atoms with Crippen LogP contribution in [0.1, 0.15) is 58.1 Å². The van der Waals surface area contributed by atoms with Crippen LogP contribution in [0.4, 0.5) is 25.3 Å². The Hall–Kier alpha value is -4.15. The van der Waals surface area contributed by atoms with E-state index in [1.54, 1.807) is 17.0 Å². The highest BCUT2D eigenvalue weighted by atomic mass is 19.1. The lowest BCUT2D eigenvalue weighted by Crippen LogP contribution is -2.40. The number of rotatable bonds is 3. The van der Waals surface area contributed by atoms with Crippen molar-refractivity contribution in [2.45, 2.75) is 71.6 Å². The van der Waals surface area contributed by atoms with E-state index in [9.17, 15) is 9.18 Å². The average Bonchev–Trinajstić information content (AvgIpc) is 3.41. The normalized spacial score (nSPS) is 16.1. The maximum Gasteiger partial charge on any atom is 0.410 e. The van der Waals surface area contributed by atoms with Crippen LogP contribution in [0.3, 0.4) is 0 Å². The highest BCUT2D eigenvalue weighted by Gasteiger charge is 2.33. The summed E-state index contributed by atoms with van der Waals surface area (Å²) in [5.74, 6) is 0.266. The van der Waals surface area contributed by atoms with Crippen molar-refractivity contribution in [3.63, 3.8) is 0 Å². The van der Waals surface area contributed by atoms with Crippen LogP contribution >= 0.6 is 0 Å². The van der Waals surface area contributed by atoms with Gasteiger partial charge in [0.05, 0.1) is 18.3 Å². The number of imidazole rings is 1. The lowest BCUT2D eigenvalue weighted by Gasteiger charge is -2.30. The molecular formula is C29H31F2N7O2. The van der Waals surface area contributed by atoms with Crippen LogP contribution in [0.2, 0.25) is 0 Å². The van der Waals surface area contributed by atoms with Gasteiger partial charge in [-0.25, -0.2) is 33.5 Å². The molecular weight excluding hydrogens is 516 g/mol. The Morgan fingerprint density at radius 2 is 1.88 bits per heavy atom. The van der Waals surface area contributed by atoms with Crippen LogP contribution in [0, 0.1) is 11.6 Å². The fourth-order valence-corrected chi connectivity index (χ4v) is 5.41. The van der Waals surface area contributed by atoms with E-state index >= 15 is 4.39 Å². The van der Waals surface area contributed by atoms with Crippen LogP contribution in [-0.4, -0.2) is 47.6 Å². The number of halogens is 2. The van der Waals surface area contributed by atoms with Crippen molar-refractivity contribution >= 4 is 28.9 Å². The lowest BCUT2D eigenvalue weighted by molar-refractivity contribution is 0.0223. The number of nitrogens with one attached hydrogen (secondary N) is 1. The minimum atomic E-state index is -0.662. The van der Waals surface area contributed by atoms with Crippen molar-refractivity contribution < 1.29 is 18.3 Å². The first-order chi connectivity index (χ1) is 18.9. The zero-order chi connectivity index (χ0) is 28.4. The van der Waals surface area contributed by atoms with Crippen molar-refractivity contribution in [1.82, 2.24) is 29.4 Å². The quantitative estimate of drug-likeness (QED) is 0.342. The number of carbonyl (C=O) groups is 1. The molecule has 9 nitrogen and oxygen atoms in total. The monoisotopic (exact) mass is 547 g/mol. The predicted molar refractivity (Wildman–Crippen MR) is 146 cm³/mol. The summed E-state index contributed by atoms with van der Waals surface area (Å²) in [7, 11) is 0. The van der Waals surface area contributed by atoms with Gasteiger partial charge in [0.15, 0.2) is 11.6 Å². The first-order valence-corrected chi connectivity index (χ1v) is 13.4. The topological polar surface area (TPSA) is 98.1 Å². The molecule has 0 fully saturated rings. The van der Waals surface area contributed by atoms with Crippen LogP contribution in [0.15, 0.2) is 30.5 Å². The first-order valence-electron chi connectivity index (χ1n) is 13.4. The van der Waals surface area contributed by atoms with Crippen molar-refractivity contribution in [2.75, 3.05) is 11.9 Å². The maximum atomic E-state index is 15.1. The van der Waals surface area contributed by atoms with Gasteiger partial charge in [0.2, 0.25) is 5.95 Å². The molecule has 0 aliphatic carbocycles. The summed E-state index contributed by atoms with van der Waals surface area (Å²) < 4.78 is 37.6. The van der Waals surface area contributed by atoms with Gasteiger partial charge < -0.3 is 19.5 Å². The molecule has 1 N–H and O–H groups in total. The number of carbonyl (C=O) groups excluding carboxylic acids is 1. The molecule has 2 aliphatic heterocycles. The van der Waals surface area contributed by atoms with Gasteiger partial charge in [-0.15, -0.1) is 0 Å². The van der Waals surface area contributed by atoms with E-state index < -0.39 is 17.2 Å². The molecule has 0 saturated heterocycles. The van der Waals surface area contributed by atoms with Gasteiger partial charge in [0.25, 0.3) is 0 Å². The molecule has 208 valence electrons. The van der Waals surface area contributed by atoms with Crippen molar-refractivity contribution in [3.05, 3.63) is 59.2 Å². The molecule has 0 spiro atoms. The van der Waals surface area contributed by atoms with Crippen LogP contribution in [-0.2, 0) is 29.7 Å². The number of nitrogens with zero attached hydrogens (tertiary/aromatic N) is 6. The maximum absolute atomic E-state index is 15.1. The molecule has 11 heteroatoms. The Morgan fingerprint density at radius 1 is 1.07 bits per heavy atom. The molecule has 0 saturated carbocycles. The molecule has 5 heterocycles. The molecule has 6 rings (SSSR count). The Bertz CT molecular complexity index is 1660. The summed E-state index contributed by atoms with van der Waals surface area (Å²) in [6, 6.07) is 6.65. The van der Waals surface area contributed by atoms with Crippen LogP contribution < -0.4 is 5.32 Å².